The van der Waals surface area contributed by atoms with Gasteiger partial charge in [0.15, 0.2) is 0 Å². The quantitative estimate of drug-likeness (QED) is 0.781. The Morgan fingerprint density at radius 1 is 1.56 bits per heavy atom. The minimum absolute atomic E-state index is 0.279. The largest absolute Gasteiger partial charge is 0.375 e. The standard InChI is InChI=1S/C12H17BrN2O/c1-9-8-16-10(2)7-15(9)12-11(6-13)4-3-5-14-12/h3-5,9-10H,6-8H2,1-2H3. The topological polar surface area (TPSA) is 25.4 Å². The Balaban J connectivity index is 2.27. The minimum atomic E-state index is 0.279. The van der Waals surface area contributed by atoms with Crippen LogP contribution >= 0.6 is 15.9 Å². The van der Waals surface area contributed by atoms with Crippen molar-refractivity contribution in [3.8, 4) is 0 Å². The Morgan fingerprint density at radius 3 is 3.12 bits per heavy atom. The molecule has 0 aromatic carbocycles. The molecule has 0 bridgehead atoms. The maximum atomic E-state index is 5.63. The van der Waals surface area contributed by atoms with Crippen LogP contribution in [0.4, 0.5) is 5.82 Å². The molecule has 2 unspecified atom stereocenters. The van der Waals surface area contributed by atoms with Crippen LogP contribution in [0, 0.1) is 0 Å². The van der Waals surface area contributed by atoms with Gasteiger partial charge in [0, 0.05) is 23.6 Å². The second kappa shape index (κ2) is 5.15. The Bertz CT molecular complexity index is 359. The van der Waals surface area contributed by atoms with Gasteiger partial charge in [0.25, 0.3) is 0 Å². The summed E-state index contributed by atoms with van der Waals surface area (Å²) in [6.07, 6.45) is 2.13. The summed E-state index contributed by atoms with van der Waals surface area (Å²) in [6, 6.07) is 4.49. The average molecular weight is 285 g/mol. The number of rotatable bonds is 2. The van der Waals surface area contributed by atoms with Crippen LogP contribution in [0.5, 0.6) is 0 Å². The Labute approximate surface area is 105 Å². The SMILES string of the molecule is CC1CN(c2ncccc2CBr)C(C)CO1. The second-order valence-corrected chi connectivity index (χ2v) is 4.83. The zero-order valence-corrected chi connectivity index (χ0v) is 11.3. The van der Waals surface area contributed by atoms with E-state index in [0.29, 0.717) is 6.04 Å². The van der Waals surface area contributed by atoms with Crippen LogP contribution in [0.3, 0.4) is 0 Å². The molecule has 2 rings (SSSR count). The highest BCUT2D eigenvalue weighted by molar-refractivity contribution is 9.08. The first-order valence-electron chi connectivity index (χ1n) is 5.60. The molecule has 88 valence electrons. The molecule has 0 N–H and O–H groups in total. The van der Waals surface area contributed by atoms with Crippen molar-refractivity contribution in [1.29, 1.82) is 0 Å². The molecule has 0 amide bonds. The summed E-state index contributed by atoms with van der Waals surface area (Å²) in [5.41, 5.74) is 1.24. The van der Waals surface area contributed by atoms with E-state index in [4.69, 9.17) is 4.74 Å². The highest BCUT2D eigenvalue weighted by Gasteiger charge is 2.25. The first-order valence-corrected chi connectivity index (χ1v) is 6.72. The summed E-state index contributed by atoms with van der Waals surface area (Å²) in [7, 11) is 0. The van der Waals surface area contributed by atoms with Crippen LogP contribution < -0.4 is 4.90 Å². The lowest BCUT2D eigenvalue weighted by Gasteiger charge is -2.38. The van der Waals surface area contributed by atoms with E-state index in [0.717, 1.165) is 24.3 Å². The predicted molar refractivity (Wildman–Crippen MR) is 69.1 cm³/mol. The van der Waals surface area contributed by atoms with Crippen molar-refractivity contribution in [2.45, 2.75) is 31.3 Å². The van der Waals surface area contributed by atoms with Gasteiger partial charge in [-0.1, -0.05) is 22.0 Å². The highest BCUT2D eigenvalue weighted by Crippen LogP contribution is 2.24. The third kappa shape index (κ3) is 2.38. The van der Waals surface area contributed by atoms with Crippen molar-refractivity contribution in [1.82, 2.24) is 4.98 Å². The molecular weight excluding hydrogens is 268 g/mol. The molecule has 1 fully saturated rings. The predicted octanol–water partition coefficient (Wildman–Crippen LogP) is 2.59. The van der Waals surface area contributed by atoms with Crippen molar-refractivity contribution in [3.05, 3.63) is 23.9 Å². The number of hydrogen-bond donors (Lipinski definition) is 0. The highest BCUT2D eigenvalue weighted by atomic mass is 79.9. The summed E-state index contributed by atoms with van der Waals surface area (Å²) < 4.78 is 5.63. The van der Waals surface area contributed by atoms with Gasteiger partial charge >= 0.3 is 0 Å². The van der Waals surface area contributed by atoms with Crippen LogP contribution in [0.2, 0.25) is 0 Å². The molecule has 1 aliphatic heterocycles. The van der Waals surface area contributed by atoms with E-state index >= 15 is 0 Å². The second-order valence-electron chi connectivity index (χ2n) is 4.27. The van der Waals surface area contributed by atoms with Gasteiger partial charge in [0.05, 0.1) is 18.8 Å². The number of aromatic nitrogens is 1. The lowest BCUT2D eigenvalue weighted by Crippen LogP contribution is -2.48. The van der Waals surface area contributed by atoms with E-state index in [2.05, 4.69) is 45.7 Å². The lowest BCUT2D eigenvalue weighted by molar-refractivity contribution is 0.0340. The molecule has 2 heterocycles. The number of nitrogens with zero attached hydrogens (tertiary/aromatic N) is 2. The zero-order chi connectivity index (χ0) is 11.5. The molecule has 0 radical (unpaired) electrons. The molecule has 0 aliphatic carbocycles. The van der Waals surface area contributed by atoms with Crippen LogP contribution in [-0.2, 0) is 10.1 Å². The van der Waals surface area contributed by atoms with Crippen LogP contribution in [0.1, 0.15) is 19.4 Å². The third-order valence-electron chi connectivity index (χ3n) is 2.89. The summed E-state index contributed by atoms with van der Waals surface area (Å²) in [6.45, 7) is 5.98. The number of ether oxygens (including phenoxy) is 1. The molecule has 0 saturated carbocycles. The number of anilines is 1. The first-order chi connectivity index (χ1) is 7.72. The number of hydrogen-bond acceptors (Lipinski definition) is 3. The molecule has 1 saturated heterocycles. The Kier molecular flexibility index (Phi) is 3.82. The maximum Gasteiger partial charge on any atom is 0.132 e. The zero-order valence-electron chi connectivity index (χ0n) is 9.69. The Morgan fingerprint density at radius 2 is 2.38 bits per heavy atom. The first kappa shape index (κ1) is 11.9. The number of morpholine rings is 1. The van der Waals surface area contributed by atoms with Gasteiger partial charge in [-0.15, -0.1) is 0 Å². The van der Waals surface area contributed by atoms with Gasteiger partial charge in [-0.25, -0.2) is 4.98 Å². The van der Waals surface area contributed by atoms with Crippen LogP contribution in [0.15, 0.2) is 18.3 Å². The summed E-state index contributed by atoms with van der Waals surface area (Å²) in [5, 5.41) is 0.842. The minimum Gasteiger partial charge on any atom is -0.375 e. The molecule has 1 aromatic heterocycles. The van der Waals surface area contributed by atoms with Gasteiger partial charge in [0.1, 0.15) is 5.82 Å². The fraction of sp³-hybridized carbons (Fsp3) is 0.583. The number of alkyl halides is 1. The van der Waals surface area contributed by atoms with Crippen molar-refractivity contribution < 1.29 is 4.74 Å². The summed E-state index contributed by atoms with van der Waals surface area (Å²) >= 11 is 3.51. The van der Waals surface area contributed by atoms with Crippen molar-refractivity contribution in [3.63, 3.8) is 0 Å². The molecule has 3 nitrogen and oxygen atoms in total. The normalized spacial score (nSPS) is 25.8. The lowest BCUT2D eigenvalue weighted by atomic mass is 10.1. The van der Waals surface area contributed by atoms with E-state index in [1.54, 1.807) is 0 Å². The van der Waals surface area contributed by atoms with E-state index in [1.165, 1.54) is 5.56 Å². The van der Waals surface area contributed by atoms with Crippen molar-refractivity contribution >= 4 is 21.7 Å². The van der Waals surface area contributed by atoms with Crippen molar-refractivity contribution in [2.24, 2.45) is 0 Å². The van der Waals surface area contributed by atoms with Gasteiger partial charge in [-0.3, -0.25) is 0 Å². The molecule has 4 heteroatoms. The Hall–Kier alpha value is -0.610. The van der Waals surface area contributed by atoms with Crippen molar-refractivity contribution in [2.75, 3.05) is 18.1 Å². The fourth-order valence-electron chi connectivity index (χ4n) is 1.99. The third-order valence-corrected chi connectivity index (χ3v) is 3.50. The van der Waals surface area contributed by atoms with Gasteiger partial charge in [0.2, 0.25) is 0 Å². The summed E-state index contributed by atoms with van der Waals surface area (Å²) in [4.78, 5) is 6.84. The van der Waals surface area contributed by atoms with E-state index in [1.807, 2.05) is 12.3 Å². The molecule has 1 aromatic rings. The number of halogens is 1. The smallest absolute Gasteiger partial charge is 0.132 e. The fourth-order valence-corrected chi connectivity index (χ4v) is 2.43. The number of pyridine rings is 1. The maximum absolute atomic E-state index is 5.63. The average Bonchev–Trinajstić information content (AvgIpc) is 2.32. The molecule has 16 heavy (non-hydrogen) atoms. The van der Waals surface area contributed by atoms with E-state index in [9.17, 15) is 0 Å². The van der Waals surface area contributed by atoms with Gasteiger partial charge in [-0.2, -0.15) is 0 Å². The van der Waals surface area contributed by atoms with E-state index < -0.39 is 0 Å². The van der Waals surface area contributed by atoms with Gasteiger partial charge in [-0.05, 0) is 19.9 Å². The molecule has 0 spiro atoms. The molecule has 2 atom stereocenters. The van der Waals surface area contributed by atoms with Crippen LogP contribution in [-0.4, -0.2) is 30.3 Å². The van der Waals surface area contributed by atoms with E-state index in [-0.39, 0.29) is 6.10 Å². The monoisotopic (exact) mass is 284 g/mol. The molecular formula is C12H17BrN2O. The summed E-state index contributed by atoms with van der Waals surface area (Å²) in [5.74, 6) is 1.09. The van der Waals surface area contributed by atoms with Gasteiger partial charge < -0.3 is 9.64 Å². The molecule has 1 aliphatic rings. The van der Waals surface area contributed by atoms with Crippen LogP contribution in [0.25, 0.3) is 0 Å².